The van der Waals surface area contributed by atoms with Gasteiger partial charge in [0.25, 0.3) is 5.91 Å². The molecule has 0 bridgehead atoms. The summed E-state index contributed by atoms with van der Waals surface area (Å²) in [6.07, 6.45) is -0.120. The quantitative estimate of drug-likeness (QED) is 0.292. The predicted octanol–water partition coefficient (Wildman–Crippen LogP) is 4.15. The zero-order valence-corrected chi connectivity index (χ0v) is 33.8. The van der Waals surface area contributed by atoms with E-state index >= 15 is 0 Å². The highest BCUT2D eigenvalue weighted by molar-refractivity contribution is 7.91. The summed E-state index contributed by atoms with van der Waals surface area (Å²) in [4.78, 5) is 62.1. The van der Waals surface area contributed by atoms with Crippen molar-refractivity contribution in [2.24, 2.45) is 17.8 Å². The summed E-state index contributed by atoms with van der Waals surface area (Å²) >= 11 is 0. The second-order valence-corrected chi connectivity index (χ2v) is 18.1. The molecule has 1 aromatic heterocycles. The van der Waals surface area contributed by atoms with E-state index in [0.29, 0.717) is 56.1 Å². The van der Waals surface area contributed by atoms with Crippen LogP contribution >= 0.6 is 0 Å². The first kappa shape index (κ1) is 42.9. The van der Waals surface area contributed by atoms with Crippen molar-refractivity contribution in [3.05, 3.63) is 42.6 Å². The van der Waals surface area contributed by atoms with Gasteiger partial charge in [-0.3, -0.25) is 19.1 Å². The smallest absolute Gasteiger partial charge is 0.427 e. The summed E-state index contributed by atoms with van der Waals surface area (Å²) in [6.45, 7) is 2.94. The molecule has 0 unspecified atom stereocenters. The molecule has 2 aromatic rings. The Balaban J connectivity index is 1.38. The molecule has 2 saturated carbocycles. The lowest BCUT2D eigenvalue weighted by Crippen LogP contribution is -2.60. The molecule has 15 nitrogen and oxygen atoms in total. The van der Waals surface area contributed by atoms with Crippen LogP contribution < -0.4 is 24.8 Å². The van der Waals surface area contributed by atoms with Crippen molar-refractivity contribution < 1.29 is 59.7 Å². The van der Waals surface area contributed by atoms with Crippen LogP contribution in [0.25, 0.3) is 10.8 Å². The van der Waals surface area contributed by atoms with Crippen LogP contribution in [0.4, 0.5) is 18.0 Å². The number of hydrogen-bond acceptors (Lipinski definition) is 11. The Kier molecular flexibility index (Phi) is 12.2. The molecule has 19 heteroatoms. The van der Waals surface area contributed by atoms with Gasteiger partial charge in [-0.2, -0.15) is 13.2 Å². The summed E-state index contributed by atoms with van der Waals surface area (Å²) in [7, 11) is -1.11. The first-order chi connectivity index (χ1) is 27.3. The van der Waals surface area contributed by atoms with Crippen LogP contribution in [0.15, 0.2) is 42.6 Å². The molecule has 6 rings (SSSR count). The van der Waals surface area contributed by atoms with E-state index < -0.39 is 86.4 Å². The number of ether oxygens (including phenoxy) is 4. The molecule has 0 radical (unpaired) electrons. The number of carbonyl (C=O) groups is 4. The van der Waals surface area contributed by atoms with Crippen LogP contribution in [-0.4, -0.2) is 110 Å². The zero-order chi connectivity index (χ0) is 42.2. The average molecular weight is 838 g/mol. The van der Waals surface area contributed by atoms with Gasteiger partial charge in [0, 0.05) is 36.1 Å². The number of pyridine rings is 1. The Morgan fingerprint density at radius 3 is 2.43 bits per heavy atom. The highest BCUT2D eigenvalue weighted by atomic mass is 32.2. The van der Waals surface area contributed by atoms with Crippen LogP contribution in [0.5, 0.6) is 11.6 Å². The van der Waals surface area contributed by atoms with Crippen LogP contribution in [0.3, 0.4) is 0 Å². The SMILES string of the molecule is COC[C@@H]1C[C@H](C)CC/C=C\[C@@H]2C[C@@]2(C(=O)NS(=O)(=O)C2CC2)NC(=O)[C@@H]2C[C@@H](Oc3ncc(OC)c4ccccc34)CN2C(=O)[C@H]1NC(=O)OC(C)(C)C(F)(F)F. The van der Waals surface area contributed by atoms with Gasteiger partial charge >= 0.3 is 12.3 Å². The van der Waals surface area contributed by atoms with Gasteiger partial charge in [0.05, 0.1) is 31.7 Å². The average Bonchev–Trinajstić information content (AvgIpc) is 4.08. The van der Waals surface area contributed by atoms with Gasteiger partial charge in [-0.15, -0.1) is 0 Å². The molecule has 3 N–H and O–H groups in total. The number of methoxy groups -OCH3 is 2. The number of benzene rings is 1. The lowest BCUT2D eigenvalue weighted by Gasteiger charge is -2.35. The number of alkyl halides is 3. The fraction of sp³-hybridized carbons (Fsp3) is 0.615. The van der Waals surface area contributed by atoms with Crippen LogP contribution in [0, 0.1) is 17.8 Å². The minimum Gasteiger partial charge on any atom is -0.494 e. The van der Waals surface area contributed by atoms with E-state index in [9.17, 15) is 40.8 Å². The van der Waals surface area contributed by atoms with E-state index in [4.69, 9.17) is 18.9 Å². The standard InChI is InChI=1S/C39H50F3N5O10S/c1-22-10-6-7-11-24-18-38(24,35(50)46-58(52,53)26-14-15-26)45-32(48)29-17-25(56-33-28-13-9-8-12-27(28)30(55-5)19-43-33)20-47(29)34(49)31(23(16-22)21-54-4)44-36(51)57-37(2,3)39(40,41)42/h7-9,11-13,19,22-26,29,31H,6,10,14-18,20-21H2,1-5H3,(H,44,51)(H,45,48)(H,46,50)/b11-7-/t22-,23+,24-,25-,29+,31+,38-/m1/s1. The van der Waals surface area contributed by atoms with Crippen molar-refractivity contribution in [3.63, 3.8) is 0 Å². The number of amides is 4. The molecule has 58 heavy (non-hydrogen) atoms. The van der Waals surface area contributed by atoms with Crippen LogP contribution in [-0.2, 0) is 33.9 Å². The van der Waals surface area contributed by atoms with Crippen LogP contribution in [0.2, 0.25) is 0 Å². The third kappa shape index (κ3) is 9.14. The summed E-state index contributed by atoms with van der Waals surface area (Å²) in [5.74, 6) is -3.33. The maximum absolute atomic E-state index is 14.9. The number of carbonyl (C=O) groups excluding carboxylic acids is 4. The van der Waals surface area contributed by atoms with Crippen LogP contribution in [0.1, 0.15) is 65.7 Å². The van der Waals surface area contributed by atoms with Crippen molar-refractivity contribution in [2.75, 3.05) is 27.4 Å². The number of rotatable bonds is 10. The van der Waals surface area contributed by atoms with Crippen molar-refractivity contribution in [2.45, 2.75) is 106 Å². The molecule has 2 aliphatic heterocycles. The number of nitrogens with one attached hydrogen (secondary N) is 3. The Morgan fingerprint density at radius 2 is 1.78 bits per heavy atom. The van der Waals surface area contributed by atoms with Gasteiger partial charge in [-0.25, -0.2) is 18.2 Å². The maximum Gasteiger partial charge on any atom is 0.427 e. The zero-order valence-electron chi connectivity index (χ0n) is 33.0. The monoisotopic (exact) mass is 837 g/mol. The van der Waals surface area contributed by atoms with E-state index in [0.717, 1.165) is 4.90 Å². The van der Waals surface area contributed by atoms with Crippen molar-refractivity contribution >= 4 is 44.6 Å². The van der Waals surface area contributed by atoms with E-state index in [1.54, 1.807) is 30.3 Å². The van der Waals surface area contributed by atoms with Crippen molar-refractivity contribution in [1.82, 2.24) is 25.2 Å². The highest BCUT2D eigenvalue weighted by Gasteiger charge is 2.62. The summed E-state index contributed by atoms with van der Waals surface area (Å²) in [5, 5.41) is 5.71. The van der Waals surface area contributed by atoms with E-state index in [1.807, 2.05) is 13.0 Å². The molecule has 1 aromatic carbocycles. The van der Waals surface area contributed by atoms with Gasteiger partial charge < -0.3 is 34.5 Å². The Labute approximate surface area is 334 Å². The third-order valence-electron chi connectivity index (χ3n) is 11.4. The van der Waals surface area contributed by atoms with Gasteiger partial charge in [0.15, 0.2) is 0 Å². The molecule has 318 valence electrons. The fourth-order valence-electron chi connectivity index (χ4n) is 7.69. The van der Waals surface area contributed by atoms with Crippen molar-refractivity contribution in [1.29, 1.82) is 0 Å². The highest BCUT2D eigenvalue weighted by Crippen LogP contribution is 2.46. The van der Waals surface area contributed by atoms with Gasteiger partial charge in [-0.05, 0) is 64.4 Å². The summed E-state index contributed by atoms with van der Waals surface area (Å²) in [6, 6.07) is 4.25. The topological polar surface area (TPSA) is 192 Å². The molecule has 0 spiro atoms. The molecular weight excluding hydrogens is 788 g/mol. The second-order valence-electron chi connectivity index (χ2n) is 16.2. The normalized spacial score (nSPS) is 28.9. The Morgan fingerprint density at radius 1 is 1.07 bits per heavy atom. The molecule has 3 heterocycles. The Hall–Kier alpha value is -4.65. The number of aromatic nitrogens is 1. The molecule has 1 saturated heterocycles. The number of allylic oxidation sites excluding steroid dienone is 1. The molecule has 2 aliphatic carbocycles. The predicted molar refractivity (Wildman–Crippen MR) is 203 cm³/mol. The first-order valence-electron chi connectivity index (χ1n) is 19.3. The summed E-state index contributed by atoms with van der Waals surface area (Å²) in [5.41, 5.74) is -4.56. The number of sulfonamides is 1. The Bertz CT molecular complexity index is 2040. The van der Waals surface area contributed by atoms with Gasteiger partial charge in [0.2, 0.25) is 33.3 Å². The van der Waals surface area contributed by atoms with Gasteiger partial charge in [-0.1, -0.05) is 37.3 Å². The maximum atomic E-state index is 14.9. The van der Waals surface area contributed by atoms with E-state index in [2.05, 4.69) is 20.3 Å². The van der Waals surface area contributed by atoms with Gasteiger partial charge in [0.1, 0.15) is 29.5 Å². The summed E-state index contributed by atoms with van der Waals surface area (Å²) < 4.78 is 91.5. The minimum atomic E-state index is -4.94. The lowest BCUT2D eigenvalue weighted by atomic mass is 9.87. The number of nitrogens with zero attached hydrogens (tertiary/aromatic N) is 2. The van der Waals surface area contributed by atoms with E-state index in [1.165, 1.54) is 20.4 Å². The lowest BCUT2D eigenvalue weighted by molar-refractivity contribution is -0.244. The number of fused-ring (bicyclic) bond motifs is 3. The second kappa shape index (κ2) is 16.5. The molecule has 3 fully saturated rings. The number of alkyl carbamates (subject to hydrolysis) is 1. The fourth-order valence-corrected chi connectivity index (χ4v) is 9.06. The first-order valence-corrected chi connectivity index (χ1v) is 20.8. The molecule has 4 aliphatic rings. The largest absolute Gasteiger partial charge is 0.494 e. The molecule has 4 amide bonds. The number of halogens is 3. The van der Waals surface area contributed by atoms with E-state index in [-0.39, 0.29) is 44.2 Å². The molecule has 7 atom stereocenters. The van der Waals surface area contributed by atoms with Crippen molar-refractivity contribution in [3.8, 4) is 11.6 Å². The third-order valence-corrected chi connectivity index (χ3v) is 13.2. The molecular formula is C39H50F3N5O10S. The number of hydrogen-bond donors (Lipinski definition) is 3. The minimum absolute atomic E-state index is 0.0905.